The van der Waals surface area contributed by atoms with Gasteiger partial charge < -0.3 is 9.94 Å². The number of aryl methyl sites for hydroxylation is 3. The van der Waals surface area contributed by atoms with E-state index in [4.69, 9.17) is 4.84 Å². The van der Waals surface area contributed by atoms with Crippen LogP contribution in [-0.4, -0.2) is 50.7 Å². The number of aromatic nitrogens is 2. The van der Waals surface area contributed by atoms with Gasteiger partial charge in [0.2, 0.25) is 0 Å². The summed E-state index contributed by atoms with van der Waals surface area (Å²) in [6.45, 7) is 9.39. The summed E-state index contributed by atoms with van der Waals surface area (Å²) in [5.74, 6) is -0.713. The third-order valence-electron chi connectivity index (χ3n) is 6.84. The number of hydrogen-bond acceptors (Lipinski definition) is 5. The quantitative estimate of drug-likeness (QED) is 0.732. The van der Waals surface area contributed by atoms with Gasteiger partial charge in [0, 0.05) is 43.3 Å². The summed E-state index contributed by atoms with van der Waals surface area (Å²) in [7, 11) is 0. The lowest BCUT2D eigenvalue weighted by Gasteiger charge is -2.39. The van der Waals surface area contributed by atoms with Crippen LogP contribution in [0.4, 0.5) is 0 Å². The van der Waals surface area contributed by atoms with Gasteiger partial charge in [0.1, 0.15) is 6.10 Å². The molecular formula is C24H32N4O3. The third kappa shape index (κ3) is 4.51. The molecule has 1 aromatic carbocycles. The zero-order valence-electron chi connectivity index (χ0n) is 18.7. The van der Waals surface area contributed by atoms with Crippen LogP contribution >= 0.6 is 0 Å². The minimum Gasteiger partial charge on any atom is -0.481 e. The summed E-state index contributed by atoms with van der Waals surface area (Å²) in [4.78, 5) is 20.4. The van der Waals surface area contributed by atoms with E-state index in [9.17, 15) is 9.90 Å². The third-order valence-corrected chi connectivity index (χ3v) is 6.84. The molecule has 1 aromatic heterocycles. The van der Waals surface area contributed by atoms with Crippen molar-refractivity contribution in [3.63, 3.8) is 0 Å². The molecule has 0 aliphatic carbocycles. The highest BCUT2D eigenvalue weighted by atomic mass is 16.6. The van der Waals surface area contributed by atoms with Crippen molar-refractivity contribution >= 4 is 11.7 Å². The van der Waals surface area contributed by atoms with Crippen molar-refractivity contribution in [2.75, 3.05) is 13.1 Å². The highest BCUT2D eigenvalue weighted by molar-refractivity contribution is 6.02. The van der Waals surface area contributed by atoms with Crippen molar-refractivity contribution in [2.45, 2.75) is 65.6 Å². The molecule has 2 aliphatic rings. The molecule has 0 spiro atoms. The molecule has 0 amide bonds. The van der Waals surface area contributed by atoms with Gasteiger partial charge in [-0.25, -0.2) is 0 Å². The molecule has 7 heteroatoms. The first-order valence-corrected chi connectivity index (χ1v) is 11.2. The van der Waals surface area contributed by atoms with Crippen molar-refractivity contribution in [3.05, 3.63) is 52.8 Å². The van der Waals surface area contributed by atoms with E-state index in [-0.39, 0.29) is 6.10 Å². The molecule has 1 N–H and O–H groups in total. The molecule has 31 heavy (non-hydrogen) atoms. The number of benzene rings is 1. The molecule has 3 heterocycles. The Hall–Kier alpha value is -2.67. The fraction of sp³-hybridized carbons (Fsp3) is 0.542. The number of likely N-dealkylation sites (tertiary alicyclic amines) is 1. The lowest BCUT2D eigenvalue weighted by Crippen LogP contribution is -2.45. The van der Waals surface area contributed by atoms with Crippen molar-refractivity contribution < 1.29 is 14.7 Å². The Balaban J connectivity index is 1.37. The second-order valence-corrected chi connectivity index (χ2v) is 8.95. The summed E-state index contributed by atoms with van der Waals surface area (Å²) in [5, 5.41) is 18.9. The molecule has 4 rings (SSSR count). The average Bonchev–Trinajstić information content (AvgIpc) is 3.36. The maximum Gasteiger partial charge on any atom is 0.309 e. The first-order chi connectivity index (χ1) is 14.9. The summed E-state index contributed by atoms with van der Waals surface area (Å²) < 4.78 is 1.96. The van der Waals surface area contributed by atoms with E-state index in [0.717, 1.165) is 48.7 Å². The van der Waals surface area contributed by atoms with Crippen molar-refractivity contribution in [1.29, 1.82) is 0 Å². The molecule has 1 saturated heterocycles. The smallest absolute Gasteiger partial charge is 0.309 e. The van der Waals surface area contributed by atoms with Crippen molar-refractivity contribution in [2.24, 2.45) is 10.6 Å². The Kier molecular flexibility index (Phi) is 6.14. The molecule has 1 atom stereocenters. The van der Waals surface area contributed by atoms with Gasteiger partial charge in [0.05, 0.1) is 16.8 Å². The van der Waals surface area contributed by atoms with Crippen molar-refractivity contribution in [1.82, 2.24) is 14.7 Å². The number of oxime groups is 1. The molecule has 2 aromatic rings. The summed E-state index contributed by atoms with van der Waals surface area (Å²) >= 11 is 0. The standard InChI is InChI=1S/C24H32N4O3/c1-4-28-16-19(18(3)25-28)15-27-11-9-24(10-12-27,23(29)30)14-20-13-22(26-31-20)21-8-6-5-7-17(21)2/h5-8,16,20H,4,9-15H2,1-3H3,(H,29,30). The van der Waals surface area contributed by atoms with Crippen LogP contribution in [0.2, 0.25) is 0 Å². The van der Waals surface area contributed by atoms with Gasteiger partial charge >= 0.3 is 5.97 Å². The highest BCUT2D eigenvalue weighted by Crippen LogP contribution is 2.39. The van der Waals surface area contributed by atoms with Crippen LogP contribution in [-0.2, 0) is 22.7 Å². The Morgan fingerprint density at radius 1 is 1.26 bits per heavy atom. The van der Waals surface area contributed by atoms with E-state index in [2.05, 4.69) is 41.3 Å². The zero-order chi connectivity index (χ0) is 22.0. The first-order valence-electron chi connectivity index (χ1n) is 11.2. The molecule has 0 saturated carbocycles. The summed E-state index contributed by atoms with van der Waals surface area (Å²) in [6, 6.07) is 8.12. The highest BCUT2D eigenvalue weighted by Gasteiger charge is 2.45. The maximum absolute atomic E-state index is 12.3. The van der Waals surface area contributed by atoms with Crippen LogP contribution in [0.1, 0.15) is 55.0 Å². The number of aliphatic carboxylic acids is 1. The second kappa shape index (κ2) is 8.83. The first kappa shape index (κ1) is 21.6. The molecule has 2 aliphatic heterocycles. The number of nitrogens with zero attached hydrogens (tertiary/aromatic N) is 4. The van der Waals surface area contributed by atoms with Gasteiger partial charge in [-0.3, -0.25) is 14.4 Å². The number of carbonyl (C=O) groups is 1. The minimum absolute atomic E-state index is 0.178. The number of carboxylic acid groups (broad SMARTS) is 1. The Morgan fingerprint density at radius 3 is 2.65 bits per heavy atom. The Morgan fingerprint density at radius 2 is 2.00 bits per heavy atom. The van der Waals surface area contributed by atoms with E-state index in [0.29, 0.717) is 25.7 Å². The van der Waals surface area contributed by atoms with Crippen LogP contribution in [0.3, 0.4) is 0 Å². The lowest BCUT2D eigenvalue weighted by molar-refractivity contribution is -0.155. The fourth-order valence-corrected chi connectivity index (χ4v) is 4.79. The number of hydrogen-bond donors (Lipinski definition) is 1. The largest absolute Gasteiger partial charge is 0.481 e. The monoisotopic (exact) mass is 424 g/mol. The Bertz CT molecular complexity index is 973. The predicted octanol–water partition coefficient (Wildman–Crippen LogP) is 3.77. The van der Waals surface area contributed by atoms with Crippen LogP contribution in [0.5, 0.6) is 0 Å². The van der Waals surface area contributed by atoms with E-state index in [1.807, 2.05) is 29.8 Å². The molecule has 1 fully saturated rings. The minimum atomic E-state index is -0.749. The van der Waals surface area contributed by atoms with Gasteiger partial charge in [-0.2, -0.15) is 5.10 Å². The van der Waals surface area contributed by atoms with E-state index >= 15 is 0 Å². The van der Waals surface area contributed by atoms with E-state index < -0.39 is 11.4 Å². The van der Waals surface area contributed by atoms with Gasteiger partial charge in [-0.15, -0.1) is 0 Å². The Labute approximate surface area is 183 Å². The van der Waals surface area contributed by atoms with Crippen LogP contribution < -0.4 is 0 Å². The van der Waals surface area contributed by atoms with Crippen molar-refractivity contribution in [3.8, 4) is 0 Å². The second-order valence-electron chi connectivity index (χ2n) is 8.95. The predicted molar refractivity (Wildman–Crippen MR) is 119 cm³/mol. The van der Waals surface area contributed by atoms with Crippen LogP contribution in [0, 0.1) is 19.3 Å². The average molecular weight is 425 g/mol. The van der Waals surface area contributed by atoms with Gasteiger partial charge in [0.25, 0.3) is 0 Å². The van der Waals surface area contributed by atoms with E-state index in [1.54, 1.807) is 0 Å². The zero-order valence-corrected chi connectivity index (χ0v) is 18.7. The number of carboxylic acids is 1. The van der Waals surface area contributed by atoms with Gasteiger partial charge in [-0.05, 0) is 52.3 Å². The molecular weight excluding hydrogens is 392 g/mol. The van der Waals surface area contributed by atoms with E-state index in [1.165, 1.54) is 5.56 Å². The topological polar surface area (TPSA) is 80.0 Å². The number of piperidine rings is 1. The molecule has 7 nitrogen and oxygen atoms in total. The normalized spacial score (nSPS) is 21.0. The summed E-state index contributed by atoms with van der Waals surface area (Å²) in [5.41, 5.74) is 4.70. The van der Waals surface area contributed by atoms with Crippen LogP contribution in [0.25, 0.3) is 0 Å². The SMILES string of the molecule is CCn1cc(CN2CCC(CC3CC(c4ccccc4C)=NO3)(C(=O)O)CC2)c(C)n1. The molecule has 0 radical (unpaired) electrons. The van der Waals surface area contributed by atoms with Gasteiger partial charge in [-0.1, -0.05) is 29.4 Å². The van der Waals surface area contributed by atoms with Gasteiger partial charge in [0.15, 0.2) is 0 Å². The lowest BCUT2D eigenvalue weighted by atomic mass is 9.73. The maximum atomic E-state index is 12.3. The fourth-order valence-electron chi connectivity index (χ4n) is 4.79. The number of rotatable bonds is 7. The van der Waals surface area contributed by atoms with Crippen LogP contribution in [0.15, 0.2) is 35.6 Å². The molecule has 0 bridgehead atoms. The molecule has 1 unspecified atom stereocenters. The molecule has 166 valence electrons. The summed E-state index contributed by atoms with van der Waals surface area (Å²) in [6.07, 6.45) is 4.35.